The molecule has 1 fully saturated rings. The molecule has 0 aliphatic carbocycles. The molecule has 2 rings (SSSR count). The van der Waals surface area contributed by atoms with E-state index in [1.165, 1.54) is 0 Å². The number of carbonyl (C=O) groups is 4. The fraction of sp³-hybridized carbons (Fsp3) is 0.750. The molecule has 0 spiro atoms. The van der Waals surface area contributed by atoms with Crippen LogP contribution in [0.3, 0.4) is 0 Å². The zero-order valence-electron chi connectivity index (χ0n) is 33.9. The first-order valence-corrected chi connectivity index (χ1v) is 19.1. The number of likely N-dealkylation sites (N-methyl/N-ethyl adjacent to an activating group) is 2. The zero-order chi connectivity index (χ0) is 39.3. The number of methoxy groups -OCH3 is 2. The zero-order valence-corrected chi connectivity index (χ0v) is 33.9. The van der Waals surface area contributed by atoms with Gasteiger partial charge in [0.2, 0.25) is 23.6 Å². The van der Waals surface area contributed by atoms with Crippen molar-refractivity contribution in [2.24, 2.45) is 23.7 Å². The minimum atomic E-state index is -0.755. The molecule has 1 aliphatic heterocycles. The third-order valence-electron chi connectivity index (χ3n) is 10.8. The molecule has 0 saturated carbocycles. The molecule has 3 N–H and O–H groups in total. The van der Waals surface area contributed by atoms with E-state index in [0.717, 1.165) is 18.4 Å². The number of aliphatic hydroxyl groups is 1. The van der Waals surface area contributed by atoms with Crippen LogP contribution in [0.15, 0.2) is 30.3 Å². The lowest BCUT2D eigenvalue weighted by Gasteiger charge is -2.41. The summed E-state index contributed by atoms with van der Waals surface area (Å²) < 4.78 is 11.9. The summed E-state index contributed by atoms with van der Waals surface area (Å²) in [5.41, 5.74) is 1.01. The van der Waals surface area contributed by atoms with Crippen LogP contribution in [-0.4, -0.2) is 134 Å². The van der Waals surface area contributed by atoms with Gasteiger partial charge in [-0.2, -0.15) is 0 Å². The van der Waals surface area contributed by atoms with Crippen molar-refractivity contribution in [3.63, 3.8) is 0 Å². The van der Waals surface area contributed by atoms with E-state index in [1.807, 2.05) is 90.9 Å². The van der Waals surface area contributed by atoms with Crippen molar-refractivity contribution in [1.29, 1.82) is 0 Å². The lowest BCUT2D eigenvalue weighted by molar-refractivity contribution is -0.148. The van der Waals surface area contributed by atoms with Crippen molar-refractivity contribution in [2.45, 2.75) is 123 Å². The summed E-state index contributed by atoms with van der Waals surface area (Å²) in [6.45, 7) is 14.0. The van der Waals surface area contributed by atoms with Crippen LogP contribution in [0.2, 0.25) is 0 Å². The van der Waals surface area contributed by atoms with Gasteiger partial charge >= 0.3 is 0 Å². The van der Waals surface area contributed by atoms with E-state index in [9.17, 15) is 24.3 Å². The van der Waals surface area contributed by atoms with Crippen LogP contribution in [0.4, 0.5) is 0 Å². The highest BCUT2D eigenvalue weighted by molar-refractivity contribution is 5.90. The van der Waals surface area contributed by atoms with Gasteiger partial charge in [-0.25, -0.2) is 0 Å². The molecule has 8 unspecified atom stereocenters. The SMILES string of the molecule is CCC(C)C(C(CC(=O)N1CCCC1C(OC)C(C)C(=O)NC(CO)Cc1ccccc1)OC)N(C)C(=O)[C@@H](NC(=O)C(C(C)C)N(C)C)C(C)C. The van der Waals surface area contributed by atoms with Gasteiger partial charge in [0.25, 0.3) is 0 Å². The minimum Gasteiger partial charge on any atom is -0.394 e. The number of benzene rings is 1. The Morgan fingerprint density at radius 3 is 2.06 bits per heavy atom. The van der Waals surface area contributed by atoms with Crippen LogP contribution < -0.4 is 10.6 Å². The van der Waals surface area contributed by atoms with Crippen molar-refractivity contribution in [2.75, 3.05) is 48.5 Å². The molecule has 0 radical (unpaired) electrons. The second kappa shape index (κ2) is 21.6. The lowest BCUT2D eigenvalue weighted by atomic mass is 9.89. The van der Waals surface area contributed by atoms with Crippen LogP contribution in [0.5, 0.6) is 0 Å². The Morgan fingerprint density at radius 1 is 0.923 bits per heavy atom. The van der Waals surface area contributed by atoms with Crippen LogP contribution in [0.25, 0.3) is 0 Å². The maximum atomic E-state index is 14.2. The van der Waals surface area contributed by atoms with Gasteiger partial charge in [-0.1, -0.05) is 85.2 Å². The van der Waals surface area contributed by atoms with Gasteiger partial charge in [0.1, 0.15) is 6.04 Å². The maximum absolute atomic E-state index is 14.2. The largest absolute Gasteiger partial charge is 0.394 e. The molecule has 12 nitrogen and oxygen atoms in total. The van der Waals surface area contributed by atoms with Crippen molar-refractivity contribution in [3.8, 4) is 0 Å². The second-order valence-corrected chi connectivity index (χ2v) is 15.5. The maximum Gasteiger partial charge on any atom is 0.245 e. The molecule has 0 aromatic heterocycles. The smallest absolute Gasteiger partial charge is 0.245 e. The highest BCUT2D eigenvalue weighted by Gasteiger charge is 2.43. The number of likely N-dealkylation sites (tertiary alicyclic amines) is 1. The van der Waals surface area contributed by atoms with Gasteiger partial charge in [-0.15, -0.1) is 0 Å². The Balaban J connectivity index is 2.25. The Kier molecular flexibility index (Phi) is 18.7. The molecule has 0 bridgehead atoms. The minimum absolute atomic E-state index is 0.0134. The van der Waals surface area contributed by atoms with E-state index in [-0.39, 0.29) is 60.5 Å². The quantitative estimate of drug-likeness (QED) is 0.175. The number of ether oxygens (including phenoxy) is 2. The Morgan fingerprint density at radius 2 is 1.56 bits per heavy atom. The van der Waals surface area contributed by atoms with E-state index in [0.29, 0.717) is 19.4 Å². The number of hydrogen-bond donors (Lipinski definition) is 3. The van der Waals surface area contributed by atoms with Crippen molar-refractivity contribution >= 4 is 23.6 Å². The van der Waals surface area contributed by atoms with Crippen molar-refractivity contribution < 1.29 is 33.8 Å². The average Bonchev–Trinajstić information content (AvgIpc) is 3.59. The van der Waals surface area contributed by atoms with Crippen LogP contribution in [0, 0.1) is 23.7 Å². The predicted octanol–water partition coefficient (Wildman–Crippen LogP) is 3.35. The number of rotatable bonds is 21. The first-order chi connectivity index (χ1) is 24.5. The number of aliphatic hydroxyl groups excluding tert-OH is 1. The number of nitrogens with one attached hydrogen (secondary N) is 2. The molecular weight excluding hydrogens is 662 g/mol. The Bertz CT molecular complexity index is 1250. The van der Waals surface area contributed by atoms with E-state index in [2.05, 4.69) is 10.6 Å². The van der Waals surface area contributed by atoms with E-state index in [4.69, 9.17) is 9.47 Å². The molecule has 1 saturated heterocycles. The highest BCUT2D eigenvalue weighted by atomic mass is 16.5. The number of hydrogen-bond acceptors (Lipinski definition) is 8. The van der Waals surface area contributed by atoms with Gasteiger partial charge in [0, 0.05) is 27.8 Å². The average molecular weight is 732 g/mol. The van der Waals surface area contributed by atoms with Gasteiger partial charge in [0.05, 0.1) is 55.3 Å². The first-order valence-electron chi connectivity index (χ1n) is 19.1. The third-order valence-corrected chi connectivity index (χ3v) is 10.8. The van der Waals surface area contributed by atoms with Gasteiger partial charge in [-0.3, -0.25) is 24.1 Å². The van der Waals surface area contributed by atoms with Gasteiger partial charge in [0.15, 0.2) is 0 Å². The molecule has 1 heterocycles. The van der Waals surface area contributed by atoms with Crippen LogP contribution in [0.1, 0.15) is 79.7 Å². The normalized spacial score (nSPS) is 19.5. The van der Waals surface area contributed by atoms with Crippen molar-refractivity contribution in [3.05, 3.63) is 35.9 Å². The first kappa shape index (κ1) is 45.1. The number of amides is 4. The van der Waals surface area contributed by atoms with Crippen LogP contribution >= 0.6 is 0 Å². The van der Waals surface area contributed by atoms with E-state index >= 15 is 0 Å². The van der Waals surface area contributed by atoms with E-state index < -0.39 is 42.3 Å². The summed E-state index contributed by atoms with van der Waals surface area (Å²) in [6, 6.07) is 7.32. The lowest BCUT2D eigenvalue weighted by Crippen LogP contribution is -2.59. The van der Waals surface area contributed by atoms with Gasteiger partial charge in [-0.05, 0) is 56.7 Å². The standard InChI is InChI=1S/C40H69N5O7/c1-13-27(6)36(44(10)40(50)34(25(2)3)42-39(49)35(26(4)5)43(8)9)32(51-11)23-33(47)45-21-17-20-31(45)37(52-12)28(7)38(48)41-30(24-46)22-29-18-15-14-16-19-29/h14-16,18-19,25-28,30-32,34-37,46H,13,17,20-24H2,1-12H3,(H,41,48)(H,42,49)/t27?,28?,30?,31?,32?,34-,35?,36?,37?/m0/s1. The predicted molar refractivity (Wildman–Crippen MR) is 204 cm³/mol. The molecule has 1 aromatic carbocycles. The Hall–Kier alpha value is -3.06. The summed E-state index contributed by atoms with van der Waals surface area (Å²) in [5.74, 6) is -1.52. The fourth-order valence-corrected chi connectivity index (χ4v) is 7.80. The third kappa shape index (κ3) is 12.0. The molecule has 296 valence electrons. The molecule has 52 heavy (non-hydrogen) atoms. The molecule has 4 amide bonds. The summed E-state index contributed by atoms with van der Waals surface area (Å²) in [4.78, 5) is 60.6. The second-order valence-electron chi connectivity index (χ2n) is 15.5. The fourth-order valence-electron chi connectivity index (χ4n) is 7.80. The van der Waals surface area contributed by atoms with Crippen LogP contribution in [-0.2, 0) is 35.1 Å². The van der Waals surface area contributed by atoms with Gasteiger partial charge < -0.3 is 35.0 Å². The molecule has 9 atom stereocenters. The van der Waals surface area contributed by atoms with Crippen molar-refractivity contribution in [1.82, 2.24) is 25.3 Å². The summed E-state index contributed by atoms with van der Waals surface area (Å²) in [6.07, 6.45) is 1.54. The molecule has 1 aliphatic rings. The molecule has 1 aromatic rings. The number of carbonyl (C=O) groups excluding carboxylic acids is 4. The number of nitrogens with zero attached hydrogens (tertiary/aromatic N) is 3. The Labute approximate surface area is 313 Å². The molecule has 12 heteroatoms. The monoisotopic (exact) mass is 732 g/mol. The summed E-state index contributed by atoms with van der Waals surface area (Å²) in [5, 5.41) is 16.0. The molecular formula is C40H69N5O7. The summed E-state index contributed by atoms with van der Waals surface area (Å²) in [7, 11) is 8.58. The highest BCUT2D eigenvalue weighted by Crippen LogP contribution is 2.30. The summed E-state index contributed by atoms with van der Waals surface area (Å²) >= 11 is 0. The van der Waals surface area contributed by atoms with E-state index in [1.54, 1.807) is 38.0 Å². The topological polar surface area (TPSA) is 141 Å².